The molecule has 0 aliphatic rings. The molecule has 1 amide bonds. The number of para-hydroxylation sites is 2. The standard InChI is InChI=1S/C29H34N8O/c1-2-3-13-26-33-27(19-16-21-9-5-4-6-10-21)35-29(34-26)37(36-31)20-22-14-17-23(18-15-22)28(38)32-25-12-8-7-11-24(25)30/h4-12,14-15,17-18,36H,2-3,13,16,19-20,30-31H2,1H3,(H,32,38). The SMILES string of the molecule is CCCCc1nc(CCc2ccccc2)nc(N(Cc2ccc(C(=O)Nc3ccccc3N)cc2)NN)n1. The topological polar surface area (TPSA) is 135 Å². The Balaban J connectivity index is 1.47. The van der Waals surface area contributed by atoms with Crippen molar-refractivity contribution >= 4 is 23.2 Å². The predicted molar refractivity (Wildman–Crippen MR) is 151 cm³/mol. The zero-order valence-electron chi connectivity index (χ0n) is 21.6. The molecule has 196 valence electrons. The molecule has 0 atom stereocenters. The Hall–Kier alpha value is -4.34. The van der Waals surface area contributed by atoms with Gasteiger partial charge >= 0.3 is 0 Å². The van der Waals surface area contributed by atoms with Crippen LogP contribution in [0.3, 0.4) is 0 Å². The molecule has 0 fully saturated rings. The molecule has 0 aliphatic carbocycles. The molecule has 9 heteroatoms. The van der Waals surface area contributed by atoms with Gasteiger partial charge in [0.1, 0.15) is 11.6 Å². The molecule has 4 aromatic rings. The van der Waals surface area contributed by atoms with Crippen LogP contribution in [0.4, 0.5) is 17.3 Å². The molecule has 6 N–H and O–H groups in total. The van der Waals surface area contributed by atoms with E-state index in [-0.39, 0.29) is 5.91 Å². The number of hydrogen-bond donors (Lipinski definition) is 4. The van der Waals surface area contributed by atoms with Gasteiger partial charge in [-0.25, -0.2) is 4.98 Å². The third kappa shape index (κ3) is 7.34. The molecular formula is C29H34N8O. The summed E-state index contributed by atoms with van der Waals surface area (Å²) in [6.45, 7) is 2.55. The summed E-state index contributed by atoms with van der Waals surface area (Å²) in [7, 11) is 0. The summed E-state index contributed by atoms with van der Waals surface area (Å²) >= 11 is 0. The second-order valence-electron chi connectivity index (χ2n) is 9.01. The number of nitrogens with two attached hydrogens (primary N) is 2. The number of nitrogens with zero attached hydrogens (tertiary/aromatic N) is 4. The van der Waals surface area contributed by atoms with E-state index in [9.17, 15) is 4.79 Å². The minimum atomic E-state index is -0.232. The number of hydrogen-bond acceptors (Lipinski definition) is 8. The lowest BCUT2D eigenvalue weighted by Gasteiger charge is -2.22. The first-order valence-corrected chi connectivity index (χ1v) is 12.8. The number of nitrogens with one attached hydrogen (secondary N) is 2. The lowest BCUT2D eigenvalue weighted by Crippen LogP contribution is -2.44. The minimum absolute atomic E-state index is 0.232. The highest BCUT2D eigenvalue weighted by atomic mass is 16.1. The first kappa shape index (κ1) is 26.7. The van der Waals surface area contributed by atoms with Crippen LogP contribution >= 0.6 is 0 Å². The first-order chi connectivity index (χ1) is 18.6. The van der Waals surface area contributed by atoms with Crippen LogP contribution < -0.4 is 27.4 Å². The van der Waals surface area contributed by atoms with Gasteiger partial charge in [-0.05, 0) is 48.2 Å². The van der Waals surface area contributed by atoms with Gasteiger partial charge in [-0.2, -0.15) is 15.5 Å². The van der Waals surface area contributed by atoms with Crippen LogP contribution in [0.25, 0.3) is 0 Å². The molecule has 0 saturated carbocycles. The molecule has 0 unspecified atom stereocenters. The van der Waals surface area contributed by atoms with E-state index in [4.69, 9.17) is 21.5 Å². The summed E-state index contributed by atoms with van der Waals surface area (Å²) in [4.78, 5) is 26.8. The summed E-state index contributed by atoms with van der Waals surface area (Å²) in [5.74, 6) is 7.62. The maximum Gasteiger partial charge on any atom is 0.255 e. The molecule has 38 heavy (non-hydrogen) atoms. The summed E-state index contributed by atoms with van der Waals surface area (Å²) in [5.41, 5.74) is 12.4. The highest BCUT2D eigenvalue weighted by Gasteiger charge is 2.15. The van der Waals surface area contributed by atoms with Crippen LogP contribution in [0.1, 0.15) is 52.9 Å². The van der Waals surface area contributed by atoms with Crippen molar-refractivity contribution in [1.82, 2.24) is 20.5 Å². The number of unbranched alkanes of at least 4 members (excludes halogenated alkanes) is 1. The van der Waals surface area contributed by atoms with Crippen molar-refractivity contribution in [2.75, 3.05) is 16.1 Å². The maximum atomic E-state index is 12.7. The quantitative estimate of drug-likeness (QED) is 0.126. The van der Waals surface area contributed by atoms with Crippen molar-refractivity contribution in [3.8, 4) is 0 Å². The number of amides is 1. The molecule has 1 heterocycles. The molecular weight excluding hydrogens is 476 g/mol. The molecule has 0 radical (unpaired) electrons. The average molecular weight is 511 g/mol. The number of aromatic nitrogens is 3. The fourth-order valence-electron chi connectivity index (χ4n) is 3.96. The number of aryl methyl sites for hydroxylation is 3. The monoisotopic (exact) mass is 510 g/mol. The third-order valence-corrected chi connectivity index (χ3v) is 6.11. The van der Waals surface area contributed by atoms with Gasteiger partial charge in [0, 0.05) is 18.4 Å². The lowest BCUT2D eigenvalue weighted by molar-refractivity contribution is 0.102. The van der Waals surface area contributed by atoms with Crippen molar-refractivity contribution < 1.29 is 4.79 Å². The van der Waals surface area contributed by atoms with Crippen LogP contribution in [-0.2, 0) is 25.8 Å². The highest BCUT2D eigenvalue weighted by molar-refractivity contribution is 6.05. The van der Waals surface area contributed by atoms with Gasteiger partial charge in [-0.1, -0.05) is 67.9 Å². The van der Waals surface area contributed by atoms with E-state index in [0.29, 0.717) is 35.9 Å². The van der Waals surface area contributed by atoms with Gasteiger partial charge < -0.3 is 11.1 Å². The predicted octanol–water partition coefficient (Wildman–Crippen LogP) is 4.22. The average Bonchev–Trinajstić information content (AvgIpc) is 2.95. The van der Waals surface area contributed by atoms with Crippen molar-refractivity contribution in [3.63, 3.8) is 0 Å². The van der Waals surface area contributed by atoms with Gasteiger partial charge in [-0.15, -0.1) is 0 Å². The van der Waals surface area contributed by atoms with E-state index in [1.165, 1.54) is 5.56 Å². The Kier molecular flexibility index (Phi) is 9.33. The summed E-state index contributed by atoms with van der Waals surface area (Å²) in [6.07, 6.45) is 4.36. The fourth-order valence-corrected chi connectivity index (χ4v) is 3.96. The molecule has 9 nitrogen and oxygen atoms in total. The first-order valence-electron chi connectivity index (χ1n) is 12.8. The zero-order chi connectivity index (χ0) is 26.7. The Morgan fingerprint density at radius 3 is 2.18 bits per heavy atom. The van der Waals surface area contributed by atoms with Crippen LogP contribution in [0, 0.1) is 0 Å². The van der Waals surface area contributed by atoms with Crippen LogP contribution in [0.2, 0.25) is 0 Å². The lowest BCUT2D eigenvalue weighted by atomic mass is 10.1. The maximum absolute atomic E-state index is 12.7. The van der Waals surface area contributed by atoms with Gasteiger partial charge in [0.25, 0.3) is 5.91 Å². The Morgan fingerprint density at radius 1 is 0.816 bits per heavy atom. The van der Waals surface area contributed by atoms with Crippen LogP contribution in [0.5, 0.6) is 0 Å². The summed E-state index contributed by atoms with van der Waals surface area (Å²) in [6, 6.07) is 24.7. The fraction of sp³-hybridized carbons (Fsp3) is 0.241. The normalized spacial score (nSPS) is 10.8. The van der Waals surface area contributed by atoms with Crippen molar-refractivity contribution in [3.05, 3.63) is 107 Å². The number of anilines is 3. The third-order valence-electron chi connectivity index (χ3n) is 6.11. The van der Waals surface area contributed by atoms with Crippen LogP contribution in [0.15, 0.2) is 78.9 Å². The van der Waals surface area contributed by atoms with Gasteiger partial charge in [0.2, 0.25) is 5.95 Å². The smallest absolute Gasteiger partial charge is 0.255 e. The number of carbonyl (C=O) groups excluding carboxylic acids is 1. The minimum Gasteiger partial charge on any atom is -0.397 e. The highest BCUT2D eigenvalue weighted by Crippen LogP contribution is 2.19. The van der Waals surface area contributed by atoms with E-state index >= 15 is 0 Å². The van der Waals surface area contributed by atoms with E-state index in [1.54, 1.807) is 29.3 Å². The Bertz CT molecular complexity index is 1330. The number of carbonyl (C=O) groups is 1. The number of rotatable bonds is 12. The van der Waals surface area contributed by atoms with Crippen molar-refractivity contribution in [1.29, 1.82) is 0 Å². The molecule has 0 bridgehead atoms. The molecule has 1 aromatic heterocycles. The van der Waals surface area contributed by atoms with Crippen molar-refractivity contribution in [2.45, 2.75) is 45.6 Å². The van der Waals surface area contributed by atoms with Gasteiger partial charge in [-0.3, -0.25) is 15.6 Å². The second kappa shape index (κ2) is 13.3. The number of nitrogen functional groups attached to an aromatic ring is 1. The molecule has 0 aliphatic heterocycles. The molecule has 0 spiro atoms. The van der Waals surface area contributed by atoms with E-state index < -0.39 is 0 Å². The molecule has 3 aromatic carbocycles. The Labute approximate surface area is 223 Å². The second-order valence-corrected chi connectivity index (χ2v) is 9.01. The van der Waals surface area contributed by atoms with Gasteiger partial charge in [0.15, 0.2) is 0 Å². The largest absolute Gasteiger partial charge is 0.397 e. The van der Waals surface area contributed by atoms with E-state index in [0.717, 1.165) is 42.9 Å². The van der Waals surface area contributed by atoms with Crippen LogP contribution in [-0.4, -0.2) is 20.9 Å². The number of benzene rings is 3. The zero-order valence-corrected chi connectivity index (χ0v) is 21.6. The Morgan fingerprint density at radius 2 is 1.50 bits per heavy atom. The summed E-state index contributed by atoms with van der Waals surface area (Å²) in [5, 5.41) is 4.53. The van der Waals surface area contributed by atoms with Gasteiger partial charge in [0.05, 0.1) is 17.9 Å². The molecule has 0 saturated heterocycles. The number of hydrazine groups is 2. The molecule has 4 rings (SSSR count). The van der Waals surface area contributed by atoms with E-state index in [2.05, 4.69) is 34.9 Å². The van der Waals surface area contributed by atoms with E-state index in [1.807, 2.05) is 42.5 Å². The van der Waals surface area contributed by atoms with Crippen molar-refractivity contribution in [2.24, 2.45) is 5.84 Å². The summed E-state index contributed by atoms with van der Waals surface area (Å²) < 4.78 is 0.